The maximum Gasteiger partial charge on any atom is 0.165 e. The van der Waals surface area contributed by atoms with E-state index in [9.17, 15) is 9.50 Å². The smallest absolute Gasteiger partial charge is 0.165 e. The summed E-state index contributed by atoms with van der Waals surface area (Å²) < 4.78 is 13.8. The zero-order valence-corrected chi connectivity index (χ0v) is 11.6. The van der Waals surface area contributed by atoms with Gasteiger partial charge in [0.05, 0.1) is 0 Å². The van der Waals surface area contributed by atoms with E-state index in [1.165, 1.54) is 6.07 Å². The molecule has 0 saturated carbocycles. The van der Waals surface area contributed by atoms with Crippen molar-refractivity contribution in [2.75, 3.05) is 0 Å². The molecule has 1 aromatic rings. The third-order valence-corrected chi connectivity index (χ3v) is 2.90. The minimum Gasteiger partial charge on any atom is -0.505 e. The topological polar surface area (TPSA) is 46.2 Å². The molecule has 0 aromatic heterocycles. The van der Waals surface area contributed by atoms with Crippen LogP contribution in [0, 0.1) is 11.7 Å². The minimum absolute atomic E-state index is 0. The van der Waals surface area contributed by atoms with Crippen LogP contribution >= 0.6 is 28.3 Å². The molecule has 3 N–H and O–H groups in total. The van der Waals surface area contributed by atoms with Crippen molar-refractivity contribution >= 4 is 28.3 Å². The Morgan fingerprint density at radius 1 is 1.44 bits per heavy atom. The zero-order chi connectivity index (χ0) is 11.6. The van der Waals surface area contributed by atoms with Crippen LogP contribution in [-0.4, -0.2) is 5.11 Å². The molecular formula is C11H16BrClFNO. The molecule has 16 heavy (non-hydrogen) atoms. The number of hydrogen-bond donors (Lipinski definition) is 2. The number of halogens is 3. The van der Waals surface area contributed by atoms with E-state index in [0.717, 1.165) is 0 Å². The normalized spacial score (nSPS) is 12.4. The molecule has 0 amide bonds. The van der Waals surface area contributed by atoms with Crippen LogP contribution in [0.2, 0.25) is 0 Å². The van der Waals surface area contributed by atoms with Crippen molar-refractivity contribution in [1.82, 2.24) is 0 Å². The molecule has 92 valence electrons. The monoisotopic (exact) mass is 311 g/mol. The Morgan fingerprint density at radius 3 is 2.50 bits per heavy atom. The van der Waals surface area contributed by atoms with Gasteiger partial charge in [-0.05, 0) is 24.5 Å². The molecule has 5 heteroatoms. The average Bonchev–Trinajstić information content (AvgIpc) is 2.11. The van der Waals surface area contributed by atoms with E-state index < -0.39 is 5.82 Å². The van der Waals surface area contributed by atoms with Crippen molar-refractivity contribution in [3.63, 3.8) is 0 Å². The van der Waals surface area contributed by atoms with Crippen molar-refractivity contribution in [3.8, 4) is 5.75 Å². The number of benzene rings is 1. The first-order chi connectivity index (χ1) is 6.93. The maximum atomic E-state index is 13.1. The molecule has 2 nitrogen and oxygen atoms in total. The second-order valence-electron chi connectivity index (χ2n) is 4.03. The molecule has 0 radical (unpaired) electrons. The van der Waals surface area contributed by atoms with E-state index in [1.807, 2.05) is 13.8 Å². The van der Waals surface area contributed by atoms with Crippen LogP contribution in [0.5, 0.6) is 5.75 Å². The van der Waals surface area contributed by atoms with Gasteiger partial charge in [0, 0.05) is 16.1 Å². The highest BCUT2D eigenvalue weighted by molar-refractivity contribution is 9.10. The Hall–Kier alpha value is -0.320. The summed E-state index contributed by atoms with van der Waals surface area (Å²) in [7, 11) is 0. The van der Waals surface area contributed by atoms with Crippen LogP contribution in [0.4, 0.5) is 4.39 Å². The number of phenolic OH excluding ortho intramolecular Hbond substituents is 1. The second-order valence-corrected chi connectivity index (χ2v) is 4.88. The number of aromatic hydroxyl groups is 1. The fourth-order valence-corrected chi connectivity index (χ4v) is 2.15. The Balaban J connectivity index is 0.00000225. The summed E-state index contributed by atoms with van der Waals surface area (Å²) in [6.07, 6.45) is 0.704. The summed E-state index contributed by atoms with van der Waals surface area (Å²) in [5.74, 6) is -0.584. The first-order valence-corrected chi connectivity index (χ1v) is 5.65. The Labute approximate surface area is 110 Å². The second kappa shape index (κ2) is 6.42. The molecule has 0 saturated heterocycles. The number of nitrogens with two attached hydrogens (primary N) is 1. The Kier molecular flexibility index (Phi) is 6.30. The van der Waals surface area contributed by atoms with Crippen LogP contribution in [0.1, 0.15) is 31.9 Å². The van der Waals surface area contributed by atoms with E-state index in [0.29, 0.717) is 22.4 Å². The Morgan fingerprint density at radius 2 is 2.00 bits per heavy atom. The molecule has 0 aliphatic carbocycles. The van der Waals surface area contributed by atoms with Gasteiger partial charge in [-0.15, -0.1) is 12.4 Å². The maximum absolute atomic E-state index is 13.1. The fourth-order valence-electron chi connectivity index (χ4n) is 1.54. The van der Waals surface area contributed by atoms with Gasteiger partial charge < -0.3 is 10.8 Å². The fraction of sp³-hybridized carbons (Fsp3) is 0.455. The van der Waals surface area contributed by atoms with Crippen LogP contribution in [0.25, 0.3) is 0 Å². The molecule has 0 fully saturated rings. The van der Waals surface area contributed by atoms with Crippen LogP contribution in [0.15, 0.2) is 16.6 Å². The van der Waals surface area contributed by atoms with E-state index in [-0.39, 0.29) is 24.2 Å². The average molecular weight is 313 g/mol. The zero-order valence-electron chi connectivity index (χ0n) is 9.21. The molecule has 0 aliphatic rings. The van der Waals surface area contributed by atoms with Crippen molar-refractivity contribution in [2.45, 2.75) is 26.3 Å². The highest BCUT2D eigenvalue weighted by Gasteiger charge is 2.18. The van der Waals surface area contributed by atoms with Gasteiger partial charge >= 0.3 is 0 Å². The van der Waals surface area contributed by atoms with Gasteiger partial charge in [-0.1, -0.05) is 29.8 Å². The number of hydrogen-bond acceptors (Lipinski definition) is 2. The Bertz CT molecular complexity index is 360. The van der Waals surface area contributed by atoms with E-state index in [2.05, 4.69) is 15.9 Å². The minimum atomic E-state index is -0.632. The van der Waals surface area contributed by atoms with Crippen molar-refractivity contribution in [2.24, 2.45) is 11.7 Å². The lowest BCUT2D eigenvalue weighted by atomic mass is 9.97. The molecule has 0 unspecified atom stereocenters. The molecular weight excluding hydrogens is 296 g/mol. The van der Waals surface area contributed by atoms with Gasteiger partial charge in [-0.25, -0.2) is 4.39 Å². The van der Waals surface area contributed by atoms with Crippen LogP contribution < -0.4 is 5.73 Å². The van der Waals surface area contributed by atoms with Gasteiger partial charge in [-0.3, -0.25) is 0 Å². The van der Waals surface area contributed by atoms with Crippen molar-refractivity contribution < 1.29 is 9.50 Å². The summed E-state index contributed by atoms with van der Waals surface area (Å²) >= 11 is 3.27. The highest BCUT2D eigenvalue weighted by atomic mass is 79.9. The number of rotatable bonds is 3. The van der Waals surface area contributed by atoms with Gasteiger partial charge in [-0.2, -0.15) is 0 Å². The molecule has 1 aromatic carbocycles. The third-order valence-electron chi connectivity index (χ3n) is 2.21. The summed E-state index contributed by atoms with van der Waals surface area (Å²) in [5, 5.41) is 9.58. The van der Waals surface area contributed by atoms with Gasteiger partial charge in [0.15, 0.2) is 11.6 Å². The van der Waals surface area contributed by atoms with Gasteiger partial charge in [0.2, 0.25) is 0 Å². The first kappa shape index (κ1) is 15.7. The van der Waals surface area contributed by atoms with E-state index >= 15 is 0 Å². The lowest BCUT2D eigenvalue weighted by molar-refractivity contribution is 0.410. The lowest BCUT2D eigenvalue weighted by Gasteiger charge is -2.17. The quantitative estimate of drug-likeness (QED) is 0.892. The predicted octanol–water partition coefficient (Wildman–Crippen LogP) is 3.76. The van der Waals surface area contributed by atoms with Gasteiger partial charge in [0.1, 0.15) is 0 Å². The largest absolute Gasteiger partial charge is 0.505 e. The molecule has 0 spiro atoms. The van der Waals surface area contributed by atoms with E-state index in [4.69, 9.17) is 5.73 Å². The van der Waals surface area contributed by atoms with Crippen LogP contribution in [0.3, 0.4) is 0 Å². The molecule has 0 heterocycles. The molecule has 0 bridgehead atoms. The predicted molar refractivity (Wildman–Crippen MR) is 69.4 cm³/mol. The van der Waals surface area contributed by atoms with Gasteiger partial charge in [0.25, 0.3) is 0 Å². The van der Waals surface area contributed by atoms with Crippen LogP contribution in [-0.2, 0) is 0 Å². The standard InChI is InChI=1S/C11H15BrFNO.ClH/c1-6(2)5-9(14)10-7(12)3-4-8(13)11(10)15;/h3-4,6,9,15H,5,14H2,1-2H3;1H/t9-;/m0./s1. The highest BCUT2D eigenvalue weighted by Crippen LogP contribution is 2.35. The SMILES string of the molecule is CC(C)C[C@H](N)c1c(Br)ccc(F)c1O.Cl. The number of phenols is 1. The summed E-state index contributed by atoms with van der Waals surface area (Å²) in [4.78, 5) is 0. The summed E-state index contributed by atoms with van der Waals surface area (Å²) in [6.45, 7) is 4.06. The van der Waals surface area contributed by atoms with Crippen molar-refractivity contribution in [3.05, 3.63) is 28.0 Å². The van der Waals surface area contributed by atoms with E-state index in [1.54, 1.807) is 6.07 Å². The summed E-state index contributed by atoms with van der Waals surface area (Å²) in [5.41, 5.74) is 6.36. The molecule has 0 aliphatic heterocycles. The first-order valence-electron chi connectivity index (χ1n) is 4.86. The molecule has 1 atom stereocenters. The third kappa shape index (κ3) is 3.61. The molecule has 1 rings (SSSR count). The van der Waals surface area contributed by atoms with Crippen molar-refractivity contribution in [1.29, 1.82) is 0 Å². The lowest BCUT2D eigenvalue weighted by Crippen LogP contribution is -2.14. The summed E-state index contributed by atoms with van der Waals surface area (Å²) in [6, 6.07) is 2.42.